The van der Waals surface area contributed by atoms with Crippen molar-refractivity contribution >= 4 is 18.0 Å². The highest BCUT2D eigenvalue weighted by atomic mass is 32.2. The number of urea groups is 1. The lowest BCUT2D eigenvalue weighted by Crippen LogP contribution is -2.18. The van der Waals surface area contributed by atoms with Crippen LogP contribution in [-0.4, -0.2) is 6.03 Å². The summed E-state index contributed by atoms with van der Waals surface area (Å²) in [4.78, 5) is 9.00. The summed E-state index contributed by atoms with van der Waals surface area (Å²) in [5.74, 6) is 0. The maximum atomic E-state index is 9.00. The molecule has 4 nitrogen and oxygen atoms in total. The van der Waals surface area contributed by atoms with E-state index in [1.54, 1.807) is 11.9 Å². The van der Waals surface area contributed by atoms with Crippen LogP contribution in [0, 0.1) is 0 Å². The third-order valence-corrected chi connectivity index (χ3v) is 1.06. The van der Waals surface area contributed by atoms with Gasteiger partial charge in [-0.2, -0.15) is 0 Å². The summed E-state index contributed by atoms with van der Waals surface area (Å²) in [6, 6.07) is -0.833. The Balaban J connectivity index is 0.000000180. The maximum absolute atomic E-state index is 9.00. The van der Waals surface area contributed by atoms with E-state index in [1.807, 2.05) is 23.8 Å². The van der Waals surface area contributed by atoms with Crippen LogP contribution in [0.25, 0.3) is 0 Å². The fourth-order valence-corrected chi connectivity index (χ4v) is 0.663. The van der Waals surface area contributed by atoms with Crippen LogP contribution >= 0.6 is 11.9 Å². The monoisotopic (exact) mass is 159 g/mol. The van der Waals surface area contributed by atoms with E-state index in [-0.39, 0.29) is 0 Å². The van der Waals surface area contributed by atoms with Crippen molar-refractivity contribution < 1.29 is 4.79 Å². The van der Waals surface area contributed by atoms with Crippen LogP contribution in [-0.2, 0) is 0 Å². The van der Waals surface area contributed by atoms with E-state index in [1.165, 1.54) is 0 Å². The Morgan fingerprint density at radius 2 is 2.00 bits per heavy atom. The van der Waals surface area contributed by atoms with Gasteiger partial charge in [0.1, 0.15) is 0 Å². The minimum absolute atomic E-state index is 0.833. The summed E-state index contributed by atoms with van der Waals surface area (Å²) in [7, 11) is 0. The van der Waals surface area contributed by atoms with E-state index < -0.39 is 6.03 Å². The molecule has 1 rings (SSSR count). The molecule has 0 aromatic carbocycles. The van der Waals surface area contributed by atoms with Gasteiger partial charge in [-0.3, -0.25) is 0 Å². The molecular weight excluding hydrogens is 150 g/mol. The summed E-state index contributed by atoms with van der Waals surface area (Å²) >= 11 is 1.58. The first-order valence-corrected chi connectivity index (χ1v) is 3.39. The second kappa shape index (κ2) is 6.03. The van der Waals surface area contributed by atoms with E-state index in [9.17, 15) is 0 Å². The molecule has 0 aromatic heterocycles. The van der Waals surface area contributed by atoms with Crippen molar-refractivity contribution in [2.45, 2.75) is 0 Å². The average Bonchev–Trinajstić information content (AvgIpc) is 1.90. The highest BCUT2D eigenvalue weighted by molar-refractivity contribution is 8.00. The van der Waals surface area contributed by atoms with Gasteiger partial charge in [0, 0.05) is 6.20 Å². The van der Waals surface area contributed by atoms with Gasteiger partial charge >= 0.3 is 6.03 Å². The molecule has 0 spiro atoms. The number of nitrogens with one attached hydrogen (secondary N) is 1. The molecule has 10 heavy (non-hydrogen) atoms. The fourth-order valence-electron chi connectivity index (χ4n) is 0.258. The zero-order chi connectivity index (χ0) is 7.82. The summed E-state index contributed by atoms with van der Waals surface area (Å²) in [6.45, 7) is 0. The molecule has 0 aliphatic carbocycles. The molecule has 0 bridgehead atoms. The third-order valence-electron chi connectivity index (χ3n) is 0.490. The Morgan fingerprint density at radius 3 is 2.10 bits per heavy atom. The topological polar surface area (TPSA) is 81.1 Å². The Hall–Kier alpha value is -1.10. The van der Waals surface area contributed by atoms with Crippen molar-refractivity contribution in [2.24, 2.45) is 11.5 Å². The van der Waals surface area contributed by atoms with E-state index in [0.29, 0.717) is 0 Å². The molecule has 0 unspecified atom stereocenters. The molecule has 1 aliphatic rings. The predicted octanol–water partition coefficient (Wildman–Crippen LogP) is 0.289. The number of carbonyl (C=O) groups is 1. The molecule has 1 aliphatic heterocycles. The normalized spacial score (nSPS) is 12.8. The Morgan fingerprint density at radius 1 is 1.40 bits per heavy atom. The molecule has 2 amide bonds. The Kier molecular flexibility index (Phi) is 5.36. The van der Waals surface area contributed by atoms with Crippen LogP contribution in [0.2, 0.25) is 0 Å². The molecule has 0 atom stereocenters. The zero-order valence-corrected chi connectivity index (χ0v) is 6.10. The number of hydrogen-bond donors (Lipinski definition) is 3. The highest BCUT2D eigenvalue weighted by Gasteiger charge is 1.74. The van der Waals surface area contributed by atoms with Crippen molar-refractivity contribution in [3.8, 4) is 0 Å². The molecule has 0 radical (unpaired) electrons. The molecule has 0 fully saturated rings. The Bertz CT molecular complexity index is 139. The van der Waals surface area contributed by atoms with Crippen molar-refractivity contribution in [3.63, 3.8) is 0 Å². The van der Waals surface area contributed by atoms with Crippen LogP contribution in [0.5, 0.6) is 0 Å². The number of carbonyl (C=O) groups excluding carboxylic acids is 1. The minimum Gasteiger partial charge on any atom is -0.352 e. The van der Waals surface area contributed by atoms with Gasteiger partial charge in [0.15, 0.2) is 0 Å². The van der Waals surface area contributed by atoms with Gasteiger partial charge in [-0.1, -0.05) is 6.08 Å². The fraction of sp³-hybridized carbons (Fsp3) is 0. The summed E-state index contributed by atoms with van der Waals surface area (Å²) in [5.41, 5.74) is 8.50. The van der Waals surface area contributed by atoms with E-state index in [2.05, 4.69) is 16.2 Å². The van der Waals surface area contributed by atoms with Crippen molar-refractivity contribution in [1.82, 2.24) is 4.72 Å². The molecular formula is C5H9N3OS. The van der Waals surface area contributed by atoms with Crippen molar-refractivity contribution in [3.05, 3.63) is 23.8 Å². The first kappa shape index (κ1) is 8.90. The van der Waals surface area contributed by atoms with Gasteiger partial charge in [0.25, 0.3) is 0 Å². The SMILES string of the molecule is C1=CNSC=C1.NC(N)=O. The van der Waals surface area contributed by atoms with E-state index in [4.69, 9.17) is 4.79 Å². The maximum Gasteiger partial charge on any atom is 0.309 e. The lowest BCUT2D eigenvalue weighted by molar-refractivity contribution is 0.256. The first-order chi connectivity index (χ1) is 4.73. The van der Waals surface area contributed by atoms with Crippen molar-refractivity contribution in [2.75, 3.05) is 0 Å². The number of nitrogens with two attached hydrogens (primary N) is 2. The van der Waals surface area contributed by atoms with Crippen LogP contribution in [0.15, 0.2) is 23.8 Å². The molecule has 0 aromatic rings. The van der Waals surface area contributed by atoms with Gasteiger partial charge in [-0.05, 0) is 23.4 Å². The summed E-state index contributed by atoms with van der Waals surface area (Å²) < 4.78 is 2.93. The zero-order valence-electron chi connectivity index (χ0n) is 5.28. The molecule has 0 saturated heterocycles. The second-order valence-electron chi connectivity index (χ2n) is 1.33. The molecule has 56 valence electrons. The first-order valence-electron chi connectivity index (χ1n) is 2.51. The van der Waals surface area contributed by atoms with Crippen LogP contribution < -0.4 is 16.2 Å². The molecule has 5 N–H and O–H groups in total. The minimum atomic E-state index is -0.833. The third kappa shape index (κ3) is 10.0. The van der Waals surface area contributed by atoms with E-state index in [0.717, 1.165) is 0 Å². The molecule has 5 heteroatoms. The van der Waals surface area contributed by atoms with E-state index >= 15 is 0 Å². The van der Waals surface area contributed by atoms with Gasteiger partial charge in [-0.15, -0.1) is 0 Å². The standard InChI is InChI=1S/C4H5NS.CH4N2O/c1-2-4-6-5-3-1;2-1(3)4/h1-5H;(H4,2,3,4). The quantitative estimate of drug-likeness (QED) is 0.444. The summed E-state index contributed by atoms with van der Waals surface area (Å²) in [6.07, 6.45) is 5.84. The highest BCUT2D eigenvalue weighted by Crippen LogP contribution is 1.98. The molecule has 0 saturated carbocycles. The molecule has 1 heterocycles. The lowest BCUT2D eigenvalue weighted by Gasteiger charge is -1.93. The number of allylic oxidation sites excluding steroid dienone is 2. The van der Waals surface area contributed by atoms with Gasteiger partial charge < -0.3 is 16.2 Å². The van der Waals surface area contributed by atoms with Gasteiger partial charge in [0.2, 0.25) is 0 Å². The Labute approximate surface area is 63.5 Å². The summed E-state index contributed by atoms with van der Waals surface area (Å²) in [5, 5.41) is 1.99. The number of amides is 2. The second-order valence-corrected chi connectivity index (χ2v) is 2.07. The van der Waals surface area contributed by atoms with Crippen LogP contribution in [0.3, 0.4) is 0 Å². The average molecular weight is 159 g/mol. The largest absolute Gasteiger partial charge is 0.352 e. The van der Waals surface area contributed by atoms with Gasteiger partial charge in [-0.25, -0.2) is 4.79 Å². The predicted molar refractivity (Wildman–Crippen MR) is 42.8 cm³/mol. The smallest absolute Gasteiger partial charge is 0.309 e. The number of rotatable bonds is 0. The van der Waals surface area contributed by atoms with Crippen LogP contribution in [0.1, 0.15) is 0 Å². The van der Waals surface area contributed by atoms with Gasteiger partial charge in [0.05, 0.1) is 0 Å². The number of primary amides is 2. The van der Waals surface area contributed by atoms with Crippen molar-refractivity contribution in [1.29, 1.82) is 0 Å². The lowest BCUT2D eigenvalue weighted by atomic mass is 10.6. The van der Waals surface area contributed by atoms with Crippen LogP contribution in [0.4, 0.5) is 4.79 Å². The number of hydrogen-bond acceptors (Lipinski definition) is 3.